The van der Waals surface area contributed by atoms with Gasteiger partial charge >= 0.3 is 5.97 Å². The third-order valence-corrected chi connectivity index (χ3v) is 3.83. The number of aromatic nitrogens is 2. The average Bonchev–Trinajstić information content (AvgIpc) is 2.66. The summed E-state index contributed by atoms with van der Waals surface area (Å²) in [6.07, 6.45) is 0. The summed E-state index contributed by atoms with van der Waals surface area (Å²) >= 11 is 3.28. The Morgan fingerprint density at radius 3 is 2.48 bits per heavy atom. The zero-order chi connectivity index (χ0) is 15.9. The van der Waals surface area contributed by atoms with E-state index in [1.807, 2.05) is 0 Å². The first-order chi connectivity index (χ1) is 9.73. The molecule has 21 heavy (non-hydrogen) atoms. The number of carbonyl (C=O) groups is 1. The first kappa shape index (κ1) is 15.2. The maximum absolute atomic E-state index is 11.2. The third kappa shape index (κ3) is 2.54. The number of nitro groups is 1. The van der Waals surface area contributed by atoms with Crippen molar-refractivity contribution in [1.29, 1.82) is 0 Å². The van der Waals surface area contributed by atoms with Crippen LogP contribution >= 0.6 is 15.9 Å². The van der Waals surface area contributed by atoms with Crippen LogP contribution in [0.2, 0.25) is 0 Å². The smallest absolute Gasteiger partial charge is 0.339 e. The van der Waals surface area contributed by atoms with Crippen LogP contribution in [0.3, 0.4) is 0 Å². The molecule has 0 fully saturated rings. The fourth-order valence-corrected chi connectivity index (χ4v) is 2.70. The van der Waals surface area contributed by atoms with E-state index in [0.717, 1.165) is 0 Å². The highest BCUT2D eigenvalue weighted by Gasteiger charge is 2.21. The van der Waals surface area contributed by atoms with Crippen molar-refractivity contribution in [2.75, 3.05) is 0 Å². The number of hydrogen-bond acceptors (Lipinski definition) is 4. The van der Waals surface area contributed by atoms with Gasteiger partial charge < -0.3 is 5.11 Å². The SMILES string of the molecule is Cc1cc(-n2nc(C)c(C(=O)O)c2C)c(Br)cc1[N+](=O)[O-]. The molecule has 0 saturated heterocycles. The monoisotopic (exact) mass is 353 g/mol. The van der Waals surface area contributed by atoms with E-state index < -0.39 is 10.9 Å². The van der Waals surface area contributed by atoms with Crippen molar-refractivity contribution < 1.29 is 14.8 Å². The van der Waals surface area contributed by atoms with Crippen LogP contribution in [0.1, 0.15) is 27.3 Å². The lowest BCUT2D eigenvalue weighted by Crippen LogP contribution is -2.04. The number of carboxylic acid groups (broad SMARTS) is 1. The van der Waals surface area contributed by atoms with E-state index in [2.05, 4.69) is 21.0 Å². The molecular formula is C13H12BrN3O4. The fourth-order valence-electron chi connectivity index (χ4n) is 2.20. The number of carboxylic acids is 1. The van der Waals surface area contributed by atoms with Gasteiger partial charge in [-0.2, -0.15) is 5.10 Å². The van der Waals surface area contributed by atoms with Crippen molar-refractivity contribution >= 4 is 27.6 Å². The lowest BCUT2D eigenvalue weighted by molar-refractivity contribution is -0.385. The Balaban J connectivity index is 2.69. The average molecular weight is 354 g/mol. The van der Waals surface area contributed by atoms with E-state index in [0.29, 0.717) is 27.1 Å². The highest BCUT2D eigenvalue weighted by molar-refractivity contribution is 9.10. The molecule has 0 amide bonds. The summed E-state index contributed by atoms with van der Waals surface area (Å²) in [5.41, 5.74) is 2.02. The van der Waals surface area contributed by atoms with Gasteiger partial charge in [0.15, 0.2) is 0 Å². The van der Waals surface area contributed by atoms with Gasteiger partial charge in [-0.25, -0.2) is 9.48 Å². The second-order valence-corrected chi connectivity index (χ2v) is 5.46. The number of aryl methyl sites for hydroxylation is 2. The van der Waals surface area contributed by atoms with Crippen LogP contribution in [0.25, 0.3) is 5.69 Å². The van der Waals surface area contributed by atoms with Crippen molar-refractivity contribution in [2.45, 2.75) is 20.8 Å². The van der Waals surface area contributed by atoms with Crippen molar-refractivity contribution in [2.24, 2.45) is 0 Å². The predicted molar refractivity (Wildman–Crippen MR) is 79.1 cm³/mol. The first-order valence-corrected chi connectivity index (χ1v) is 6.77. The first-order valence-electron chi connectivity index (χ1n) is 5.98. The van der Waals surface area contributed by atoms with Crippen LogP contribution in [0.5, 0.6) is 0 Å². The van der Waals surface area contributed by atoms with Crippen molar-refractivity contribution in [1.82, 2.24) is 9.78 Å². The molecule has 0 bridgehead atoms. The fraction of sp³-hybridized carbons (Fsp3) is 0.231. The van der Waals surface area contributed by atoms with E-state index in [-0.39, 0.29) is 11.3 Å². The van der Waals surface area contributed by atoms with E-state index in [4.69, 9.17) is 0 Å². The molecule has 2 aromatic rings. The molecule has 8 heteroatoms. The summed E-state index contributed by atoms with van der Waals surface area (Å²) in [5.74, 6) is -1.05. The van der Waals surface area contributed by atoms with Crippen LogP contribution in [0, 0.1) is 30.9 Å². The second kappa shape index (κ2) is 5.28. The molecule has 0 aliphatic rings. The minimum Gasteiger partial charge on any atom is -0.478 e. The van der Waals surface area contributed by atoms with Crippen molar-refractivity contribution in [3.63, 3.8) is 0 Å². The number of nitro benzene ring substituents is 1. The van der Waals surface area contributed by atoms with Gasteiger partial charge in [0.25, 0.3) is 5.69 Å². The summed E-state index contributed by atoms with van der Waals surface area (Å²) in [6.45, 7) is 4.88. The molecule has 0 saturated carbocycles. The van der Waals surface area contributed by atoms with Crippen molar-refractivity contribution in [3.8, 4) is 5.69 Å². The normalized spacial score (nSPS) is 10.7. The van der Waals surface area contributed by atoms with E-state index >= 15 is 0 Å². The van der Waals surface area contributed by atoms with Crippen molar-refractivity contribution in [3.05, 3.63) is 49.2 Å². The van der Waals surface area contributed by atoms with Crippen LogP contribution in [0.15, 0.2) is 16.6 Å². The van der Waals surface area contributed by atoms with Gasteiger partial charge in [0.05, 0.1) is 26.5 Å². The topological polar surface area (TPSA) is 98.3 Å². The van der Waals surface area contributed by atoms with Gasteiger partial charge in [-0.1, -0.05) is 0 Å². The second-order valence-electron chi connectivity index (χ2n) is 4.61. The zero-order valence-corrected chi connectivity index (χ0v) is 13.1. The lowest BCUT2D eigenvalue weighted by atomic mass is 10.1. The molecular weight excluding hydrogens is 342 g/mol. The molecule has 110 valence electrons. The molecule has 0 atom stereocenters. The quantitative estimate of drug-likeness (QED) is 0.674. The van der Waals surface area contributed by atoms with Gasteiger partial charge in [0.1, 0.15) is 5.56 Å². The standard InChI is InChI=1S/C13H12BrN3O4/c1-6-4-11(9(14)5-10(6)17(20)21)16-8(3)12(13(18)19)7(2)15-16/h4-5H,1-3H3,(H,18,19). The Bertz CT molecular complexity index is 767. The predicted octanol–water partition coefficient (Wildman–Crippen LogP) is 3.17. The summed E-state index contributed by atoms with van der Waals surface area (Å²) in [7, 11) is 0. The van der Waals surface area contributed by atoms with Gasteiger partial charge in [-0.3, -0.25) is 10.1 Å². The molecule has 1 aromatic heterocycles. The van der Waals surface area contributed by atoms with Crippen LogP contribution in [-0.2, 0) is 0 Å². The molecule has 1 N–H and O–H groups in total. The van der Waals surface area contributed by atoms with Gasteiger partial charge in [0, 0.05) is 11.6 Å². The lowest BCUT2D eigenvalue weighted by Gasteiger charge is -2.09. The van der Waals surface area contributed by atoms with Crippen LogP contribution < -0.4 is 0 Å². The van der Waals surface area contributed by atoms with E-state index in [1.54, 1.807) is 26.8 Å². The number of aromatic carboxylic acids is 1. The molecule has 0 radical (unpaired) electrons. The summed E-state index contributed by atoms with van der Waals surface area (Å²) < 4.78 is 1.95. The number of hydrogen-bond donors (Lipinski definition) is 1. The number of halogens is 1. The van der Waals surface area contributed by atoms with Crippen LogP contribution in [0.4, 0.5) is 5.69 Å². The Hall–Kier alpha value is -2.22. The van der Waals surface area contributed by atoms with Gasteiger partial charge in [-0.05, 0) is 42.8 Å². The highest BCUT2D eigenvalue weighted by atomic mass is 79.9. The molecule has 0 aliphatic heterocycles. The Morgan fingerprint density at radius 1 is 1.38 bits per heavy atom. The molecule has 0 aliphatic carbocycles. The highest BCUT2D eigenvalue weighted by Crippen LogP contribution is 2.31. The maximum atomic E-state index is 11.2. The van der Waals surface area contributed by atoms with Gasteiger partial charge in [-0.15, -0.1) is 0 Å². The Labute approximate surface area is 128 Å². The minimum atomic E-state index is -1.05. The Morgan fingerprint density at radius 2 is 2.00 bits per heavy atom. The maximum Gasteiger partial charge on any atom is 0.339 e. The molecule has 1 aromatic carbocycles. The molecule has 1 heterocycles. The largest absolute Gasteiger partial charge is 0.478 e. The third-order valence-electron chi connectivity index (χ3n) is 3.20. The molecule has 7 nitrogen and oxygen atoms in total. The van der Waals surface area contributed by atoms with Crippen LogP contribution in [-0.4, -0.2) is 25.8 Å². The molecule has 2 rings (SSSR count). The summed E-state index contributed by atoms with van der Waals surface area (Å²) in [5, 5.41) is 24.3. The number of benzene rings is 1. The minimum absolute atomic E-state index is 0.00869. The van der Waals surface area contributed by atoms with Gasteiger partial charge in [0.2, 0.25) is 0 Å². The molecule has 0 unspecified atom stereocenters. The number of nitrogens with zero attached hydrogens (tertiary/aromatic N) is 3. The molecule has 0 spiro atoms. The Kier molecular flexibility index (Phi) is 3.82. The summed E-state index contributed by atoms with van der Waals surface area (Å²) in [4.78, 5) is 21.7. The number of rotatable bonds is 3. The zero-order valence-electron chi connectivity index (χ0n) is 11.5. The summed E-state index contributed by atoms with van der Waals surface area (Å²) in [6, 6.07) is 2.99. The van der Waals surface area contributed by atoms with E-state index in [9.17, 15) is 20.0 Å². The van der Waals surface area contributed by atoms with E-state index in [1.165, 1.54) is 10.7 Å².